The van der Waals surface area contributed by atoms with Crippen molar-refractivity contribution in [2.75, 3.05) is 6.61 Å². The molecule has 1 heterocycles. The molecule has 2 N–H and O–H groups in total. The molecule has 0 aromatic rings. The van der Waals surface area contributed by atoms with Crippen LogP contribution in [0.15, 0.2) is 0 Å². The molecular weight excluding hydrogens is 146 g/mol. The third-order valence-electron chi connectivity index (χ3n) is 1.71. The van der Waals surface area contributed by atoms with Crippen LogP contribution < -0.4 is 5.73 Å². The number of nitrogens with two attached hydrogens (primary N) is 1. The van der Waals surface area contributed by atoms with E-state index in [9.17, 15) is 4.79 Å². The van der Waals surface area contributed by atoms with Crippen molar-refractivity contribution in [3.63, 3.8) is 0 Å². The quantitative estimate of drug-likeness (QED) is 0.614. The lowest BCUT2D eigenvalue weighted by Crippen LogP contribution is -2.36. The van der Waals surface area contributed by atoms with Crippen molar-refractivity contribution in [1.82, 2.24) is 0 Å². The number of hydrogen-bond acceptors (Lipinski definition) is 4. The van der Waals surface area contributed by atoms with Crippen LogP contribution in [0.2, 0.25) is 0 Å². The average Bonchev–Trinajstić information content (AvgIpc) is 2.36. The molecule has 1 rings (SSSR count). The molecule has 0 aromatic heterocycles. The molecule has 0 spiro atoms. The molecule has 2 unspecified atom stereocenters. The predicted molar refractivity (Wildman–Crippen MR) is 39.1 cm³/mol. The first-order valence-electron chi connectivity index (χ1n) is 3.83. The first-order valence-corrected chi connectivity index (χ1v) is 3.83. The van der Waals surface area contributed by atoms with Gasteiger partial charge in [0.2, 0.25) is 0 Å². The van der Waals surface area contributed by atoms with Gasteiger partial charge in [0.05, 0.1) is 0 Å². The summed E-state index contributed by atoms with van der Waals surface area (Å²) in [4.78, 5) is 10.5. The molecule has 11 heavy (non-hydrogen) atoms. The Hall–Kier alpha value is -0.770. The van der Waals surface area contributed by atoms with Crippen LogP contribution in [0, 0.1) is 0 Å². The molecule has 0 radical (unpaired) electrons. The third kappa shape index (κ3) is 2.08. The highest BCUT2D eigenvalue weighted by atomic mass is 16.8. The molecule has 4 heteroatoms. The minimum atomic E-state index is -0.596. The van der Waals surface area contributed by atoms with E-state index in [1.807, 2.05) is 6.92 Å². The van der Waals surface area contributed by atoms with Gasteiger partial charge in [-0.15, -0.1) is 0 Å². The van der Waals surface area contributed by atoms with E-state index in [-0.39, 0.29) is 12.1 Å². The van der Waals surface area contributed by atoms with E-state index in [0.717, 1.165) is 12.8 Å². The van der Waals surface area contributed by atoms with Crippen LogP contribution in [0.5, 0.6) is 0 Å². The Labute approximate surface area is 65.7 Å². The van der Waals surface area contributed by atoms with Gasteiger partial charge in [0, 0.05) is 6.04 Å². The van der Waals surface area contributed by atoms with Crippen LogP contribution in [-0.4, -0.2) is 24.9 Å². The number of ether oxygens (including phenoxy) is 2. The second kappa shape index (κ2) is 3.57. The van der Waals surface area contributed by atoms with Gasteiger partial charge < -0.3 is 15.2 Å². The minimum Gasteiger partial charge on any atom is -0.430 e. The normalized spacial score (nSPS) is 26.0. The highest BCUT2D eigenvalue weighted by molar-refractivity contribution is 5.61. The lowest BCUT2D eigenvalue weighted by Gasteiger charge is -2.13. The Bertz CT molecular complexity index is 149. The Morgan fingerprint density at radius 2 is 2.55 bits per heavy atom. The van der Waals surface area contributed by atoms with Crippen LogP contribution >= 0.6 is 0 Å². The van der Waals surface area contributed by atoms with Crippen molar-refractivity contribution < 1.29 is 14.3 Å². The summed E-state index contributed by atoms with van der Waals surface area (Å²) in [6, 6.07) is -0.0774. The highest BCUT2D eigenvalue weighted by Crippen LogP contribution is 2.11. The van der Waals surface area contributed by atoms with Crippen LogP contribution in [-0.2, 0) is 9.47 Å². The Morgan fingerprint density at radius 3 is 3.00 bits per heavy atom. The van der Waals surface area contributed by atoms with E-state index in [2.05, 4.69) is 4.74 Å². The maximum absolute atomic E-state index is 10.5. The standard InChI is InChI=1S/C7H13NO3/c1-2-3-5(8)6-4-10-7(9)11-6/h5-6H,2-4,8H2,1H3. The first kappa shape index (κ1) is 8.33. The minimum absolute atomic E-state index is 0.0774. The Balaban J connectivity index is 2.30. The van der Waals surface area contributed by atoms with Gasteiger partial charge >= 0.3 is 6.16 Å². The molecule has 0 aliphatic carbocycles. The number of cyclic esters (lactones) is 2. The van der Waals surface area contributed by atoms with Crippen LogP contribution in [0.1, 0.15) is 19.8 Å². The number of hydrogen-bond donors (Lipinski definition) is 1. The fourth-order valence-electron chi connectivity index (χ4n) is 1.07. The van der Waals surface area contributed by atoms with Crippen LogP contribution in [0.25, 0.3) is 0 Å². The van der Waals surface area contributed by atoms with Gasteiger partial charge in [-0.1, -0.05) is 13.3 Å². The summed E-state index contributed by atoms with van der Waals surface area (Å²) in [5.74, 6) is 0. The molecule has 1 aliphatic heterocycles. The van der Waals surface area contributed by atoms with E-state index in [1.54, 1.807) is 0 Å². The van der Waals surface area contributed by atoms with Crippen molar-refractivity contribution in [2.24, 2.45) is 5.73 Å². The van der Waals surface area contributed by atoms with Gasteiger partial charge in [0.15, 0.2) is 6.10 Å². The van der Waals surface area contributed by atoms with Crippen molar-refractivity contribution >= 4 is 6.16 Å². The van der Waals surface area contributed by atoms with Gasteiger partial charge in [0.1, 0.15) is 6.61 Å². The maximum Gasteiger partial charge on any atom is 0.508 e. The molecule has 1 saturated heterocycles. The smallest absolute Gasteiger partial charge is 0.430 e. The van der Waals surface area contributed by atoms with Gasteiger partial charge in [-0.05, 0) is 6.42 Å². The van der Waals surface area contributed by atoms with Gasteiger partial charge in [-0.2, -0.15) is 0 Å². The summed E-state index contributed by atoms with van der Waals surface area (Å²) in [6.07, 6.45) is 1.03. The van der Waals surface area contributed by atoms with E-state index in [1.165, 1.54) is 0 Å². The molecule has 4 nitrogen and oxygen atoms in total. The van der Waals surface area contributed by atoms with Crippen molar-refractivity contribution in [2.45, 2.75) is 31.9 Å². The van der Waals surface area contributed by atoms with E-state index < -0.39 is 6.16 Å². The van der Waals surface area contributed by atoms with Gasteiger partial charge in [0.25, 0.3) is 0 Å². The third-order valence-corrected chi connectivity index (χ3v) is 1.71. The van der Waals surface area contributed by atoms with Crippen molar-refractivity contribution in [3.8, 4) is 0 Å². The molecular formula is C7H13NO3. The molecule has 2 atom stereocenters. The predicted octanol–water partition coefficient (Wildman–Crippen LogP) is 0.649. The largest absolute Gasteiger partial charge is 0.508 e. The zero-order valence-corrected chi connectivity index (χ0v) is 6.58. The Kier molecular flexibility index (Phi) is 2.70. The van der Waals surface area contributed by atoms with Gasteiger partial charge in [-0.3, -0.25) is 0 Å². The Morgan fingerprint density at radius 1 is 1.82 bits per heavy atom. The number of carbonyl (C=O) groups excluding carboxylic acids is 1. The summed E-state index contributed by atoms with van der Waals surface area (Å²) in [5.41, 5.74) is 5.69. The lowest BCUT2D eigenvalue weighted by atomic mass is 10.1. The topological polar surface area (TPSA) is 61.5 Å². The molecule has 1 aliphatic rings. The monoisotopic (exact) mass is 159 g/mol. The summed E-state index contributed by atoms with van der Waals surface area (Å²) in [6.45, 7) is 2.34. The van der Waals surface area contributed by atoms with E-state index in [0.29, 0.717) is 6.61 Å². The summed E-state index contributed by atoms with van der Waals surface area (Å²) >= 11 is 0. The van der Waals surface area contributed by atoms with Crippen molar-refractivity contribution in [3.05, 3.63) is 0 Å². The summed E-state index contributed by atoms with van der Waals surface area (Å²) < 4.78 is 9.38. The number of carbonyl (C=O) groups is 1. The second-order valence-corrected chi connectivity index (χ2v) is 2.67. The van der Waals surface area contributed by atoms with Crippen LogP contribution in [0.4, 0.5) is 4.79 Å². The lowest BCUT2D eigenvalue weighted by molar-refractivity contribution is 0.110. The summed E-state index contributed by atoms with van der Waals surface area (Å²) in [7, 11) is 0. The number of rotatable bonds is 3. The molecule has 0 saturated carbocycles. The highest BCUT2D eigenvalue weighted by Gasteiger charge is 2.29. The molecule has 1 fully saturated rings. The fraction of sp³-hybridized carbons (Fsp3) is 0.857. The zero-order chi connectivity index (χ0) is 8.27. The summed E-state index contributed by atoms with van der Waals surface area (Å²) in [5, 5.41) is 0. The SMILES string of the molecule is CCCC(N)C1COC(=O)O1. The molecule has 0 amide bonds. The maximum atomic E-state index is 10.5. The van der Waals surface area contributed by atoms with Gasteiger partial charge in [-0.25, -0.2) is 4.79 Å². The van der Waals surface area contributed by atoms with Crippen LogP contribution in [0.3, 0.4) is 0 Å². The zero-order valence-electron chi connectivity index (χ0n) is 6.58. The average molecular weight is 159 g/mol. The van der Waals surface area contributed by atoms with E-state index in [4.69, 9.17) is 10.5 Å². The van der Waals surface area contributed by atoms with Crippen molar-refractivity contribution in [1.29, 1.82) is 0 Å². The fourth-order valence-corrected chi connectivity index (χ4v) is 1.07. The molecule has 64 valence electrons. The van der Waals surface area contributed by atoms with E-state index >= 15 is 0 Å². The molecule has 0 bridgehead atoms. The second-order valence-electron chi connectivity index (χ2n) is 2.67. The first-order chi connectivity index (χ1) is 5.24. The molecule has 0 aromatic carbocycles.